The monoisotopic (exact) mass is 353 g/mol. The number of benzene rings is 1. The number of aryl methyl sites for hydroxylation is 2. The van der Waals surface area contributed by atoms with Crippen LogP contribution in [0.5, 0.6) is 11.5 Å². The van der Waals surface area contributed by atoms with Crippen molar-refractivity contribution in [3.8, 4) is 11.5 Å². The minimum absolute atomic E-state index is 0.0658. The van der Waals surface area contributed by atoms with Crippen molar-refractivity contribution < 1.29 is 19.2 Å². The number of rotatable bonds is 6. The molecule has 0 aliphatic heterocycles. The summed E-state index contributed by atoms with van der Waals surface area (Å²) >= 11 is 0. The molecule has 0 saturated heterocycles. The number of hydrogen-bond donors (Lipinski definition) is 2. The Balaban J connectivity index is 1.56. The molecule has 0 bridgehead atoms. The Labute approximate surface area is 150 Å². The molecule has 0 fully saturated rings. The molecular formula is C19H19N3O4. The molecule has 3 rings (SSSR count). The summed E-state index contributed by atoms with van der Waals surface area (Å²) < 4.78 is 10.8. The molecule has 3 aromatic rings. The van der Waals surface area contributed by atoms with Crippen LogP contribution < -0.4 is 10.1 Å². The third kappa shape index (κ3) is 4.18. The van der Waals surface area contributed by atoms with Crippen LogP contribution in [0.2, 0.25) is 0 Å². The lowest BCUT2D eigenvalue weighted by Gasteiger charge is -2.08. The van der Waals surface area contributed by atoms with Gasteiger partial charge in [-0.3, -0.25) is 4.79 Å². The third-order valence-electron chi connectivity index (χ3n) is 3.90. The van der Waals surface area contributed by atoms with Crippen molar-refractivity contribution in [2.24, 2.45) is 0 Å². The summed E-state index contributed by atoms with van der Waals surface area (Å²) in [5.74, 6) is 1.26. The molecule has 26 heavy (non-hydrogen) atoms. The minimum atomic E-state index is -0.261. The second-order valence-electron chi connectivity index (χ2n) is 5.83. The molecule has 0 atom stereocenters. The molecule has 2 heterocycles. The molecule has 2 N–H and O–H groups in total. The summed E-state index contributed by atoms with van der Waals surface area (Å²) in [6.07, 6.45) is 1.67. The molecule has 7 nitrogen and oxygen atoms in total. The van der Waals surface area contributed by atoms with Crippen molar-refractivity contribution in [2.45, 2.75) is 26.9 Å². The van der Waals surface area contributed by atoms with E-state index in [-0.39, 0.29) is 23.9 Å². The second-order valence-corrected chi connectivity index (χ2v) is 5.83. The van der Waals surface area contributed by atoms with Crippen LogP contribution in [-0.2, 0) is 17.8 Å². The first-order valence-electron chi connectivity index (χ1n) is 8.10. The van der Waals surface area contributed by atoms with Gasteiger partial charge in [0.2, 0.25) is 5.91 Å². The SMILES string of the molecule is Cc1noc(C)c1COc1ccc(CC(=O)Nc2ncccc2O)cc1. The number of pyridine rings is 1. The smallest absolute Gasteiger partial charge is 0.230 e. The fraction of sp³-hybridized carbons (Fsp3) is 0.211. The molecule has 2 aromatic heterocycles. The predicted octanol–water partition coefficient (Wildman–Crippen LogP) is 3.15. The average Bonchev–Trinajstić information content (AvgIpc) is 2.94. The van der Waals surface area contributed by atoms with E-state index in [0.29, 0.717) is 12.4 Å². The summed E-state index contributed by atoms with van der Waals surface area (Å²) in [5, 5.41) is 16.1. The van der Waals surface area contributed by atoms with Gasteiger partial charge in [-0.05, 0) is 43.7 Å². The summed E-state index contributed by atoms with van der Waals surface area (Å²) in [5.41, 5.74) is 2.57. The van der Waals surface area contributed by atoms with Crippen molar-refractivity contribution in [3.63, 3.8) is 0 Å². The highest BCUT2D eigenvalue weighted by Gasteiger charge is 2.10. The number of nitrogens with one attached hydrogen (secondary N) is 1. The normalized spacial score (nSPS) is 10.5. The van der Waals surface area contributed by atoms with E-state index in [9.17, 15) is 9.90 Å². The molecule has 1 aromatic carbocycles. The van der Waals surface area contributed by atoms with Crippen LogP contribution in [0.25, 0.3) is 0 Å². The fourth-order valence-corrected chi connectivity index (χ4v) is 2.42. The Hall–Kier alpha value is -3.35. The molecular weight excluding hydrogens is 334 g/mol. The van der Waals surface area contributed by atoms with E-state index in [2.05, 4.69) is 15.5 Å². The minimum Gasteiger partial charge on any atom is -0.504 e. The Morgan fingerprint density at radius 1 is 1.23 bits per heavy atom. The highest BCUT2D eigenvalue weighted by atomic mass is 16.5. The fourth-order valence-electron chi connectivity index (χ4n) is 2.42. The molecule has 0 aliphatic rings. The molecule has 0 radical (unpaired) electrons. The van der Waals surface area contributed by atoms with Crippen molar-refractivity contribution >= 4 is 11.7 Å². The highest BCUT2D eigenvalue weighted by Crippen LogP contribution is 2.20. The lowest BCUT2D eigenvalue weighted by molar-refractivity contribution is -0.115. The maximum Gasteiger partial charge on any atom is 0.230 e. The number of aromatic nitrogens is 2. The number of ether oxygens (including phenoxy) is 1. The zero-order valence-electron chi connectivity index (χ0n) is 14.5. The quantitative estimate of drug-likeness (QED) is 0.706. The van der Waals surface area contributed by atoms with Crippen LogP contribution in [0.3, 0.4) is 0 Å². The van der Waals surface area contributed by atoms with E-state index in [0.717, 1.165) is 22.6 Å². The second kappa shape index (κ2) is 7.69. The number of nitrogens with zero attached hydrogens (tertiary/aromatic N) is 2. The van der Waals surface area contributed by atoms with Gasteiger partial charge in [-0.1, -0.05) is 17.3 Å². The van der Waals surface area contributed by atoms with E-state index < -0.39 is 0 Å². The first kappa shape index (κ1) is 17.5. The predicted molar refractivity (Wildman–Crippen MR) is 95.0 cm³/mol. The van der Waals surface area contributed by atoms with Crippen molar-refractivity contribution in [2.75, 3.05) is 5.32 Å². The molecule has 134 valence electrons. The van der Waals surface area contributed by atoms with Gasteiger partial charge in [-0.2, -0.15) is 0 Å². The van der Waals surface area contributed by atoms with Crippen LogP contribution in [0.4, 0.5) is 5.82 Å². The maximum atomic E-state index is 12.1. The molecule has 0 saturated carbocycles. The zero-order chi connectivity index (χ0) is 18.5. The van der Waals surface area contributed by atoms with Gasteiger partial charge in [0.1, 0.15) is 18.1 Å². The van der Waals surface area contributed by atoms with Crippen LogP contribution in [-0.4, -0.2) is 21.2 Å². The van der Waals surface area contributed by atoms with Gasteiger partial charge >= 0.3 is 0 Å². The Morgan fingerprint density at radius 2 is 2.00 bits per heavy atom. The summed E-state index contributed by atoms with van der Waals surface area (Å²) in [7, 11) is 0. The highest BCUT2D eigenvalue weighted by molar-refractivity contribution is 5.92. The van der Waals surface area contributed by atoms with Crippen LogP contribution in [0, 0.1) is 13.8 Å². The lowest BCUT2D eigenvalue weighted by Crippen LogP contribution is -2.15. The third-order valence-corrected chi connectivity index (χ3v) is 3.90. The van der Waals surface area contributed by atoms with E-state index in [1.54, 1.807) is 18.2 Å². The first-order chi connectivity index (χ1) is 12.5. The van der Waals surface area contributed by atoms with Gasteiger partial charge in [0.15, 0.2) is 11.6 Å². The molecule has 0 spiro atoms. The van der Waals surface area contributed by atoms with Crippen LogP contribution >= 0.6 is 0 Å². The molecule has 0 unspecified atom stereocenters. The Morgan fingerprint density at radius 3 is 2.65 bits per heavy atom. The van der Waals surface area contributed by atoms with E-state index >= 15 is 0 Å². The topological polar surface area (TPSA) is 97.5 Å². The number of carbonyl (C=O) groups is 1. The summed E-state index contributed by atoms with van der Waals surface area (Å²) in [6.45, 7) is 4.09. The number of carbonyl (C=O) groups excluding carboxylic acids is 1. The van der Waals surface area contributed by atoms with Crippen LogP contribution in [0.1, 0.15) is 22.6 Å². The van der Waals surface area contributed by atoms with Gasteiger partial charge in [0.25, 0.3) is 0 Å². The number of anilines is 1. The summed E-state index contributed by atoms with van der Waals surface area (Å²) in [6, 6.07) is 10.3. The largest absolute Gasteiger partial charge is 0.504 e. The van der Waals surface area contributed by atoms with Crippen molar-refractivity contribution in [1.82, 2.24) is 10.1 Å². The van der Waals surface area contributed by atoms with Gasteiger partial charge in [0, 0.05) is 6.20 Å². The molecule has 7 heteroatoms. The number of amides is 1. The van der Waals surface area contributed by atoms with Gasteiger partial charge in [-0.25, -0.2) is 4.98 Å². The zero-order valence-corrected chi connectivity index (χ0v) is 14.5. The van der Waals surface area contributed by atoms with E-state index in [1.165, 1.54) is 12.3 Å². The number of hydrogen-bond acceptors (Lipinski definition) is 6. The summed E-state index contributed by atoms with van der Waals surface area (Å²) in [4.78, 5) is 16.0. The maximum absolute atomic E-state index is 12.1. The van der Waals surface area contributed by atoms with E-state index in [4.69, 9.17) is 9.26 Å². The van der Waals surface area contributed by atoms with Crippen molar-refractivity contribution in [3.05, 3.63) is 65.2 Å². The Bertz CT molecular complexity index is 884. The average molecular weight is 353 g/mol. The van der Waals surface area contributed by atoms with Gasteiger partial charge in [-0.15, -0.1) is 0 Å². The standard InChI is InChI=1S/C19H19N3O4/c1-12-16(13(2)26-22-12)11-25-15-7-5-14(6-8-15)10-18(24)21-19-17(23)4-3-9-20-19/h3-9,23H,10-11H2,1-2H3,(H,20,21,24). The van der Waals surface area contributed by atoms with Gasteiger partial charge in [0.05, 0.1) is 17.7 Å². The molecule has 1 amide bonds. The van der Waals surface area contributed by atoms with Gasteiger partial charge < -0.3 is 19.7 Å². The number of aromatic hydroxyl groups is 1. The van der Waals surface area contributed by atoms with E-state index in [1.807, 2.05) is 26.0 Å². The molecule has 0 aliphatic carbocycles. The van der Waals surface area contributed by atoms with Crippen LogP contribution in [0.15, 0.2) is 47.1 Å². The Kier molecular flexibility index (Phi) is 5.17. The van der Waals surface area contributed by atoms with Crippen molar-refractivity contribution in [1.29, 1.82) is 0 Å². The lowest BCUT2D eigenvalue weighted by atomic mass is 10.1. The first-order valence-corrected chi connectivity index (χ1v) is 8.10.